The molecule has 0 bridgehead atoms. The van der Waals surface area contributed by atoms with Gasteiger partial charge in [-0.25, -0.2) is 14.1 Å². The number of amides is 2. The largest absolute Gasteiger partial charge is 0.332 e. The summed E-state index contributed by atoms with van der Waals surface area (Å²) < 4.78 is 13.3. The zero-order chi connectivity index (χ0) is 18.0. The molecular weight excluding hydrogens is 361 g/mol. The summed E-state index contributed by atoms with van der Waals surface area (Å²) in [6.45, 7) is 4.71. The molecule has 0 aromatic heterocycles. The predicted octanol–water partition coefficient (Wildman–Crippen LogP) is 5.32. The number of hydrogen-bond acceptors (Lipinski definition) is 3. The maximum Gasteiger partial charge on any atom is 0.332 e. The number of aliphatic imine (C=N–C) groups is 1. The Kier molecular flexibility index (Phi) is 5.30. The van der Waals surface area contributed by atoms with Crippen molar-refractivity contribution >= 4 is 45.9 Å². The van der Waals surface area contributed by atoms with Crippen LogP contribution in [0.5, 0.6) is 0 Å². The average Bonchev–Trinajstić information content (AvgIpc) is 2.99. The van der Waals surface area contributed by atoms with Gasteiger partial charge in [-0.2, -0.15) is 0 Å². The second-order valence-electron chi connectivity index (χ2n) is 5.78. The molecule has 1 atom stereocenters. The van der Waals surface area contributed by atoms with Crippen molar-refractivity contribution in [2.24, 2.45) is 4.99 Å². The molecular formula is C18H17ClFN3OS. The van der Waals surface area contributed by atoms with Gasteiger partial charge in [0.1, 0.15) is 5.82 Å². The fourth-order valence-corrected chi connectivity index (χ4v) is 3.48. The lowest BCUT2D eigenvalue weighted by atomic mass is 10.2. The summed E-state index contributed by atoms with van der Waals surface area (Å²) in [4.78, 5) is 18.9. The van der Waals surface area contributed by atoms with Gasteiger partial charge in [-0.15, -0.1) is 0 Å². The number of anilines is 2. The van der Waals surface area contributed by atoms with Crippen LogP contribution < -0.4 is 10.2 Å². The number of aryl methyl sites for hydroxylation is 1. The average molecular weight is 378 g/mol. The molecule has 25 heavy (non-hydrogen) atoms. The van der Waals surface area contributed by atoms with Crippen LogP contribution in [0.1, 0.15) is 12.5 Å². The molecule has 1 aliphatic rings. The number of urea groups is 1. The molecule has 0 radical (unpaired) electrons. The molecule has 1 N–H and O–H groups in total. The quantitative estimate of drug-likeness (QED) is 0.770. The van der Waals surface area contributed by atoms with Crippen molar-refractivity contribution in [2.45, 2.75) is 19.1 Å². The van der Waals surface area contributed by atoms with Gasteiger partial charge in [0.2, 0.25) is 0 Å². The first-order valence-corrected chi connectivity index (χ1v) is 9.04. The Morgan fingerprint density at radius 2 is 2.04 bits per heavy atom. The number of rotatable bonds is 2. The smallest absolute Gasteiger partial charge is 0.307 e. The van der Waals surface area contributed by atoms with Gasteiger partial charge in [-0.05, 0) is 37.3 Å². The van der Waals surface area contributed by atoms with Gasteiger partial charge < -0.3 is 5.32 Å². The molecule has 0 spiro atoms. The fraction of sp³-hybridized carbons (Fsp3) is 0.222. The second kappa shape index (κ2) is 7.45. The topological polar surface area (TPSA) is 44.7 Å². The number of amidine groups is 1. The number of hydrogen-bond donors (Lipinski definition) is 1. The van der Waals surface area contributed by atoms with Crippen LogP contribution in [0.15, 0.2) is 47.5 Å². The molecule has 2 amide bonds. The molecule has 0 saturated heterocycles. The minimum Gasteiger partial charge on any atom is -0.307 e. The lowest BCUT2D eigenvalue weighted by molar-refractivity contribution is 0.259. The first kappa shape index (κ1) is 17.8. The monoisotopic (exact) mass is 377 g/mol. The first-order valence-electron chi connectivity index (χ1n) is 7.78. The molecule has 3 rings (SSSR count). The number of halogens is 2. The highest BCUT2D eigenvalue weighted by Crippen LogP contribution is 2.28. The van der Waals surface area contributed by atoms with Crippen molar-refractivity contribution in [1.29, 1.82) is 0 Å². The number of nitrogens with zero attached hydrogens (tertiary/aromatic N) is 2. The maximum absolute atomic E-state index is 13.3. The zero-order valence-electron chi connectivity index (χ0n) is 13.8. The summed E-state index contributed by atoms with van der Waals surface area (Å²) in [5.41, 5.74) is 2.24. The van der Waals surface area contributed by atoms with Crippen molar-refractivity contribution < 1.29 is 9.18 Å². The van der Waals surface area contributed by atoms with Crippen LogP contribution >= 0.6 is 23.4 Å². The fourth-order valence-electron chi connectivity index (χ4n) is 2.35. The van der Waals surface area contributed by atoms with E-state index in [2.05, 4.69) is 17.2 Å². The molecule has 0 fully saturated rings. The van der Waals surface area contributed by atoms with E-state index in [1.54, 1.807) is 11.8 Å². The minimum atomic E-state index is -0.528. The molecule has 0 saturated carbocycles. The summed E-state index contributed by atoms with van der Waals surface area (Å²) in [6, 6.07) is 11.3. The normalized spacial score (nSPS) is 16.5. The Balaban J connectivity index is 1.89. The van der Waals surface area contributed by atoms with Gasteiger partial charge in [0, 0.05) is 10.9 Å². The van der Waals surface area contributed by atoms with E-state index in [1.165, 1.54) is 23.1 Å². The van der Waals surface area contributed by atoms with E-state index in [0.717, 1.165) is 11.3 Å². The molecule has 0 aliphatic carbocycles. The van der Waals surface area contributed by atoms with E-state index >= 15 is 0 Å². The molecule has 7 heteroatoms. The lowest BCUT2D eigenvalue weighted by Gasteiger charge is -2.23. The number of nitrogens with one attached hydrogen (secondary N) is 1. The number of thioether (sulfide) groups is 1. The van der Waals surface area contributed by atoms with Crippen LogP contribution in [0.2, 0.25) is 5.02 Å². The van der Waals surface area contributed by atoms with E-state index in [-0.39, 0.29) is 11.1 Å². The van der Waals surface area contributed by atoms with E-state index in [4.69, 9.17) is 11.6 Å². The molecule has 130 valence electrons. The predicted molar refractivity (Wildman–Crippen MR) is 103 cm³/mol. The Labute approximate surface area is 155 Å². The van der Waals surface area contributed by atoms with E-state index in [0.29, 0.717) is 22.6 Å². The van der Waals surface area contributed by atoms with Gasteiger partial charge >= 0.3 is 6.03 Å². The molecule has 2 aromatic carbocycles. The highest BCUT2D eigenvalue weighted by Gasteiger charge is 2.27. The molecule has 2 aromatic rings. The Morgan fingerprint density at radius 3 is 2.64 bits per heavy atom. The second-order valence-corrected chi connectivity index (χ2v) is 7.59. The summed E-state index contributed by atoms with van der Waals surface area (Å²) in [5.74, 6) is -0.528. The van der Waals surface area contributed by atoms with Crippen LogP contribution in [0.3, 0.4) is 0 Å². The van der Waals surface area contributed by atoms with Gasteiger partial charge in [-0.3, -0.25) is 4.99 Å². The Hall–Kier alpha value is -2.05. The summed E-state index contributed by atoms with van der Waals surface area (Å²) in [6.07, 6.45) is 0. The van der Waals surface area contributed by atoms with E-state index in [1.807, 2.05) is 31.2 Å². The molecule has 0 unspecified atom stereocenters. The van der Waals surface area contributed by atoms with Crippen molar-refractivity contribution in [1.82, 2.24) is 0 Å². The standard InChI is InChI=1S/C18H17ClFN3OS/c1-11-3-6-14(7-4-11)23(18-21-10-12(2)25-18)17(24)22-13-5-8-16(20)15(19)9-13/h3-9,12H,10H2,1-2H3,(H,22,24)/t12-/m0/s1. The van der Waals surface area contributed by atoms with Crippen LogP contribution in [0.25, 0.3) is 0 Å². The Bertz CT molecular complexity index is 826. The highest BCUT2D eigenvalue weighted by atomic mass is 35.5. The summed E-state index contributed by atoms with van der Waals surface area (Å²) in [5, 5.41) is 3.67. The number of benzene rings is 2. The third-order valence-electron chi connectivity index (χ3n) is 3.65. The van der Waals surface area contributed by atoms with Gasteiger partial charge in [-0.1, -0.05) is 48.0 Å². The van der Waals surface area contributed by atoms with E-state index < -0.39 is 5.82 Å². The Morgan fingerprint density at radius 1 is 1.32 bits per heavy atom. The summed E-state index contributed by atoms with van der Waals surface area (Å²) in [7, 11) is 0. The number of carbonyl (C=O) groups excluding carboxylic acids is 1. The highest BCUT2D eigenvalue weighted by molar-refractivity contribution is 8.15. The van der Waals surface area contributed by atoms with Crippen LogP contribution in [0, 0.1) is 12.7 Å². The molecule has 4 nitrogen and oxygen atoms in total. The van der Waals surface area contributed by atoms with E-state index in [9.17, 15) is 9.18 Å². The van der Waals surface area contributed by atoms with Crippen LogP contribution in [-0.4, -0.2) is 23.0 Å². The van der Waals surface area contributed by atoms with Crippen molar-refractivity contribution in [3.8, 4) is 0 Å². The van der Waals surface area contributed by atoms with Gasteiger partial charge in [0.15, 0.2) is 5.17 Å². The molecule has 1 aliphatic heterocycles. The molecule has 1 heterocycles. The van der Waals surface area contributed by atoms with Crippen LogP contribution in [-0.2, 0) is 0 Å². The lowest BCUT2D eigenvalue weighted by Crippen LogP contribution is -2.38. The third kappa shape index (κ3) is 4.14. The summed E-state index contributed by atoms with van der Waals surface area (Å²) >= 11 is 7.34. The van der Waals surface area contributed by atoms with Crippen molar-refractivity contribution in [2.75, 3.05) is 16.8 Å². The van der Waals surface area contributed by atoms with Gasteiger partial charge in [0.25, 0.3) is 0 Å². The van der Waals surface area contributed by atoms with Crippen LogP contribution in [0.4, 0.5) is 20.6 Å². The minimum absolute atomic E-state index is 0.0408. The third-order valence-corrected chi connectivity index (χ3v) is 5.01. The van der Waals surface area contributed by atoms with Crippen molar-refractivity contribution in [3.05, 3.63) is 58.9 Å². The maximum atomic E-state index is 13.3. The van der Waals surface area contributed by atoms with Gasteiger partial charge in [0.05, 0.1) is 17.3 Å². The number of carbonyl (C=O) groups is 1. The van der Waals surface area contributed by atoms with Crippen molar-refractivity contribution in [3.63, 3.8) is 0 Å². The zero-order valence-corrected chi connectivity index (χ0v) is 15.4. The first-order chi connectivity index (χ1) is 11.9. The SMILES string of the molecule is Cc1ccc(N(C(=O)Nc2ccc(F)c(Cl)c2)C2=NC[C@H](C)S2)cc1.